The van der Waals surface area contributed by atoms with Gasteiger partial charge in [-0.1, -0.05) is 24.3 Å². The lowest BCUT2D eigenvalue weighted by atomic mass is 9.78. The quantitative estimate of drug-likeness (QED) is 0.911. The van der Waals surface area contributed by atoms with E-state index >= 15 is 0 Å². The van der Waals surface area contributed by atoms with Gasteiger partial charge in [0.15, 0.2) is 0 Å². The highest BCUT2D eigenvalue weighted by Crippen LogP contribution is 2.35. The van der Waals surface area contributed by atoms with Crippen molar-refractivity contribution >= 4 is 5.97 Å². The first-order chi connectivity index (χ1) is 9.24. The van der Waals surface area contributed by atoms with Gasteiger partial charge in [0, 0.05) is 12.1 Å². The van der Waals surface area contributed by atoms with Gasteiger partial charge in [0.05, 0.1) is 18.4 Å². The molecule has 0 saturated carbocycles. The monoisotopic (exact) mass is 255 g/mol. The number of pyridine rings is 1. The van der Waals surface area contributed by atoms with E-state index in [1.54, 1.807) is 0 Å². The Morgan fingerprint density at radius 3 is 3.00 bits per heavy atom. The molecule has 0 saturated heterocycles. The van der Waals surface area contributed by atoms with Crippen LogP contribution in [0.4, 0.5) is 0 Å². The van der Waals surface area contributed by atoms with E-state index in [0.717, 1.165) is 6.42 Å². The highest BCUT2D eigenvalue weighted by molar-refractivity contribution is 5.87. The highest BCUT2D eigenvalue weighted by Gasteiger charge is 2.25. The fraction of sp³-hybridized carbons (Fsp3) is 0.200. The Labute approximate surface area is 110 Å². The van der Waals surface area contributed by atoms with Gasteiger partial charge in [-0.2, -0.15) is 0 Å². The number of nitrogens with zero attached hydrogens (tertiary/aromatic N) is 1. The molecule has 0 amide bonds. The Morgan fingerprint density at radius 2 is 2.21 bits per heavy atom. The van der Waals surface area contributed by atoms with Gasteiger partial charge in [-0.3, -0.25) is 4.98 Å². The molecule has 2 aromatic rings. The van der Waals surface area contributed by atoms with Crippen molar-refractivity contribution in [2.75, 3.05) is 6.61 Å². The second-order valence-corrected chi connectivity index (χ2v) is 4.63. The van der Waals surface area contributed by atoms with E-state index in [0.29, 0.717) is 18.3 Å². The number of aromatic carboxylic acids is 1. The molecule has 1 heterocycles. The molecule has 1 aliphatic rings. The molecule has 0 fully saturated rings. The molecule has 1 aliphatic carbocycles. The van der Waals surface area contributed by atoms with Crippen LogP contribution < -0.4 is 4.74 Å². The number of ether oxygens (including phenoxy) is 1. The Morgan fingerprint density at radius 1 is 1.37 bits per heavy atom. The summed E-state index contributed by atoms with van der Waals surface area (Å²) in [6.07, 6.45) is 3.87. The van der Waals surface area contributed by atoms with Crippen molar-refractivity contribution in [3.05, 3.63) is 59.4 Å². The van der Waals surface area contributed by atoms with Crippen LogP contribution in [0.1, 0.15) is 27.4 Å². The largest absolute Gasteiger partial charge is 0.491 e. The zero-order chi connectivity index (χ0) is 13.2. The van der Waals surface area contributed by atoms with Gasteiger partial charge in [-0.05, 0) is 23.6 Å². The molecule has 0 aliphatic heterocycles. The van der Waals surface area contributed by atoms with E-state index < -0.39 is 5.97 Å². The van der Waals surface area contributed by atoms with Gasteiger partial charge in [-0.25, -0.2) is 4.79 Å². The first-order valence-corrected chi connectivity index (χ1v) is 6.13. The average molecular weight is 255 g/mol. The Hall–Kier alpha value is -2.36. The standard InChI is InChI=1S/C15H13NO3/c17-15(18)11-6-13(8-16-7-11)19-9-12-5-10-3-1-2-4-14(10)12/h1-4,6-8,12H,5,9H2,(H,17,18). The van der Waals surface area contributed by atoms with Crippen LogP contribution in [0, 0.1) is 0 Å². The minimum absolute atomic E-state index is 0.145. The Kier molecular flexibility index (Phi) is 2.91. The fourth-order valence-corrected chi connectivity index (χ4v) is 2.32. The summed E-state index contributed by atoms with van der Waals surface area (Å²) in [5, 5.41) is 8.88. The Balaban J connectivity index is 1.65. The molecular weight excluding hydrogens is 242 g/mol. The van der Waals surface area contributed by atoms with E-state index in [2.05, 4.69) is 17.1 Å². The molecule has 1 aromatic heterocycles. The smallest absolute Gasteiger partial charge is 0.337 e. The van der Waals surface area contributed by atoms with E-state index in [1.807, 2.05) is 12.1 Å². The van der Waals surface area contributed by atoms with Crippen molar-refractivity contribution in [1.29, 1.82) is 0 Å². The second kappa shape index (κ2) is 4.72. The molecule has 1 unspecified atom stereocenters. The molecule has 1 aromatic carbocycles. The van der Waals surface area contributed by atoms with Crippen LogP contribution in [0.3, 0.4) is 0 Å². The average Bonchev–Trinajstić information content (AvgIpc) is 2.40. The van der Waals surface area contributed by atoms with Crippen molar-refractivity contribution < 1.29 is 14.6 Å². The maximum Gasteiger partial charge on any atom is 0.337 e. The van der Waals surface area contributed by atoms with E-state index in [-0.39, 0.29) is 5.56 Å². The lowest BCUT2D eigenvalue weighted by molar-refractivity contribution is 0.0696. The number of hydrogen-bond donors (Lipinski definition) is 1. The lowest BCUT2D eigenvalue weighted by Crippen LogP contribution is -2.23. The summed E-state index contributed by atoms with van der Waals surface area (Å²) in [5.41, 5.74) is 2.84. The number of fused-ring (bicyclic) bond motifs is 1. The van der Waals surface area contributed by atoms with Gasteiger partial charge in [0.2, 0.25) is 0 Å². The lowest BCUT2D eigenvalue weighted by Gasteiger charge is -2.29. The van der Waals surface area contributed by atoms with Gasteiger partial charge in [0.1, 0.15) is 5.75 Å². The molecule has 0 bridgehead atoms. The number of carbonyl (C=O) groups is 1. The summed E-state index contributed by atoms with van der Waals surface area (Å²) in [6.45, 7) is 0.557. The first kappa shape index (κ1) is 11.7. The van der Waals surface area contributed by atoms with Crippen LogP contribution in [0.25, 0.3) is 0 Å². The SMILES string of the molecule is O=C(O)c1cncc(OCC2Cc3ccccc32)c1. The normalized spacial score (nSPS) is 16.3. The number of aromatic nitrogens is 1. The number of carboxylic acid groups (broad SMARTS) is 1. The molecule has 3 rings (SSSR count). The van der Waals surface area contributed by atoms with Crippen LogP contribution in [-0.4, -0.2) is 22.7 Å². The molecule has 1 atom stereocenters. The van der Waals surface area contributed by atoms with E-state index in [1.165, 1.54) is 29.6 Å². The molecule has 96 valence electrons. The van der Waals surface area contributed by atoms with Crippen molar-refractivity contribution in [3.63, 3.8) is 0 Å². The molecule has 19 heavy (non-hydrogen) atoms. The van der Waals surface area contributed by atoms with Crippen molar-refractivity contribution in [1.82, 2.24) is 4.98 Å². The van der Waals surface area contributed by atoms with Gasteiger partial charge in [0.25, 0.3) is 0 Å². The van der Waals surface area contributed by atoms with Crippen molar-refractivity contribution in [2.45, 2.75) is 12.3 Å². The second-order valence-electron chi connectivity index (χ2n) is 4.63. The molecular formula is C15H13NO3. The van der Waals surface area contributed by atoms with Crippen LogP contribution in [0.15, 0.2) is 42.7 Å². The van der Waals surface area contributed by atoms with Crippen LogP contribution in [0.5, 0.6) is 5.75 Å². The van der Waals surface area contributed by atoms with Gasteiger partial charge >= 0.3 is 5.97 Å². The summed E-state index contributed by atoms with van der Waals surface area (Å²) in [5.74, 6) is -0.0964. The molecule has 0 spiro atoms. The van der Waals surface area contributed by atoms with E-state index in [4.69, 9.17) is 9.84 Å². The molecule has 0 radical (unpaired) electrons. The predicted octanol–water partition coefficient (Wildman–Crippen LogP) is 2.50. The van der Waals surface area contributed by atoms with Crippen molar-refractivity contribution in [2.24, 2.45) is 0 Å². The maximum absolute atomic E-state index is 10.8. The zero-order valence-corrected chi connectivity index (χ0v) is 10.2. The molecule has 1 N–H and O–H groups in total. The summed E-state index contributed by atoms with van der Waals surface area (Å²) < 4.78 is 5.63. The summed E-state index contributed by atoms with van der Waals surface area (Å²) >= 11 is 0. The molecule has 4 heteroatoms. The molecule has 4 nitrogen and oxygen atoms in total. The highest BCUT2D eigenvalue weighted by atomic mass is 16.5. The maximum atomic E-state index is 10.8. The minimum atomic E-state index is -0.994. The summed E-state index contributed by atoms with van der Waals surface area (Å²) in [6, 6.07) is 9.80. The van der Waals surface area contributed by atoms with Crippen molar-refractivity contribution in [3.8, 4) is 5.75 Å². The first-order valence-electron chi connectivity index (χ1n) is 6.13. The topological polar surface area (TPSA) is 59.4 Å². The predicted molar refractivity (Wildman–Crippen MR) is 69.6 cm³/mol. The summed E-state index contributed by atoms with van der Waals surface area (Å²) in [7, 11) is 0. The van der Waals surface area contributed by atoms with Crippen LogP contribution in [-0.2, 0) is 6.42 Å². The number of carboxylic acids is 1. The Bertz CT molecular complexity index is 624. The van der Waals surface area contributed by atoms with Gasteiger partial charge in [-0.15, -0.1) is 0 Å². The number of rotatable bonds is 4. The zero-order valence-electron chi connectivity index (χ0n) is 10.2. The van der Waals surface area contributed by atoms with Crippen LogP contribution in [0.2, 0.25) is 0 Å². The number of benzene rings is 1. The summed E-state index contributed by atoms with van der Waals surface area (Å²) in [4.78, 5) is 14.7. The van der Waals surface area contributed by atoms with E-state index in [9.17, 15) is 4.79 Å². The van der Waals surface area contributed by atoms with Crippen LogP contribution >= 0.6 is 0 Å². The third-order valence-corrected chi connectivity index (χ3v) is 3.37. The van der Waals surface area contributed by atoms with Gasteiger partial charge < -0.3 is 9.84 Å². The third-order valence-electron chi connectivity index (χ3n) is 3.37. The fourth-order valence-electron chi connectivity index (χ4n) is 2.32. The third kappa shape index (κ3) is 2.29. The number of hydrogen-bond acceptors (Lipinski definition) is 3. The minimum Gasteiger partial charge on any atom is -0.491 e.